The van der Waals surface area contributed by atoms with Crippen molar-refractivity contribution in [1.82, 2.24) is 0 Å². The summed E-state index contributed by atoms with van der Waals surface area (Å²) in [4.78, 5) is 11.7. The molecule has 0 saturated carbocycles. The maximum atomic E-state index is 11.7. The van der Waals surface area contributed by atoms with Crippen LogP contribution in [0, 0.1) is 5.92 Å². The monoisotopic (exact) mass is 300 g/mol. The summed E-state index contributed by atoms with van der Waals surface area (Å²) in [6, 6.07) is 7.35. The van der Waals surface area contributed by atoms with Gasteiger partial charge in [-0.1, -0.05) is 41.1 Å². The Balaban J connectivity index is 2.90. The van der Waals surface area contributed by atoms with Gasteiger partial charge in [-0.2, -0.15) is 0 Å². The summed E-state index contributed by atoms with van der Waals surface area (Å²) >= 11 is 3.37. The highest BCUT2D eigenvalue weighted by atomic mass is 79.9. The van der Waals surface area contributed by atoms with Gasteiger partial charge in [0.1, 0.15) is 0 Å². The lowest BCUT2D eigenvalue weighted by molar-refractivity contribution is -0.152. The number of esters is 1. The van der Waals surface area contributed by atoms with Crippen LogP contribution in [-0.4, -0.2) is 17.7 Å². The molecule has 17 heavy (non-hydrogen) atoms. The second-order valence-electron chi connectivity index (χ2n) is 3.73. The predicted octanol–water partition coefficient (Wildman–Crippen LogP) is 3.07. The quantitative estimate of drug-likeness (QED) is 0.850. The van der Waals surface area contributed by atoms with E-state index in [2.05, 4.69) is 15.9 Å². The van der Waals surface area contributed by atoms with Gasteiger partial charge in [0.2, 0.25) is 0 Å². The molecule has 0 aliphatic rings. The normalized spacial score (nSPS) is 14.1. The highest BCUT2D eigenvalue weighted by molar-refractivity contribution is 9.10. The smallest absolute Gasteiger partial charge is 0.311 e. The second-order valence-corrected chi connectivity index (χ2v) is 4.59. The Morgan fingerprint density at radius 2 is 2.06 bits per heavy atom. The molecule has 0 fully saturated rings. The Morgan fingerprint density at radius 3 is 2.59 bits per heavy atom. The van der Waals surface area contributed by atoms with Crippen molar-refractivity contribution in [3.63, 3.8) is 0 Å². The number of rotatable bonds is 5. The van der Waals surface area contributed by atoms with Gasteiger partial charge < -0.3 is 9.84 Å². The van der Waals surface area contributed by atoms with E-state index in [1.165, 1.54) is 0 Å². The Kier molecular flexibility index (Phi) is 5.65. The fourth-order valence-electron chi connectivity index (χ4n) is 1.70. The minimum absolute atomic E-state index is 0.331. The molecule has 1 rings (SSSR count). The molecule has 1 N–H and O–H groups in total. The molecular formula is C13H17BrO3. The van der Waals surface area contributed by atoms with Gasteiger partial charge in [0.25, 0.3) is 0 Å². The number of halogens is 1. The van der Waals surface area contributed by atoms with Crippen LogP contribution >= 0.6 is 15.9 Å². The minimum atomic E-state index is -0.838. The molecule has 0 saturated heterocycles. The summed E-state index contributed by atoms with van der Waals surface area (Å²) in [5.74, 6) is -0.869. The maximum Gasteiger partial charge on any atom is 0.311 e. The Morgan fingerprint density at radius 1 is 1.41 bits per heavy atom. The van der Waals surface area contributed by atoms with Gasteiger partial charge in [0.05, 0.1) is 18.6 Å². The fourth-order valence-corrected chi connectivity index (χ4v) is 2.22. The van der Waals surface area contributed by atoms with Gasteiger partial charge in [-0.25, -0.2) is 0 Å². The number of aliphatic hydroxyl groups is 1. The van der Waals surface area contributed by atoms with Crippen LogP contribution in [-0.2, 0) is 9.53 Å². The van der Waals surface area contributed by atoms with Gasteiger partial charge in [-0.15, -0.1) is 0 Å². The van der Waals surface area contributed by atoms with Crippen LogP contribution in [0.3, 0.4) is 0 Å². The Hall–Kier alpha value is -0.870. The third-order valence-corrected chi connectivity index (χ3v) is 3.36. The van der Waals surface area contributed by atoms with Crippen molar-refractivity contribution in [1.29, 1.82) is 0 Å². The van der Waals surface area contributed by atoms with E-state index in [0.717, 1.165) is 4.47 Å². The highest BCUT2D eigenvalue weighted by Crippen LogP contribution is 2.30. The maximum absolute atomic E-state index is 11.7. The molecule has 2 atom stereocenters. The first-order valence-electron chi connectivity index (χ1n) is 5.70. The van der Waals surface area contributed by atoms with Gasteiger partial charge in [0, 0.05) is 4.47 Å². The number of hydrogen-bond acceptors (Lipinski definition) is 3. The zero-order chi connectivity index (χ0) is 12.8. The number of aliphatic hydroxyl groups excluding tert-OH is 1. The molecular weight excluding hydrogens is 284 g/mol. The lowest BCUT2D eigenvalue weighted by atomic mass is 9.93. The highest BCUT2D eigenvalue weighted by Gasteiger charge is 2.28. The van der Waals surface area contributed by atoms with E-state index >= 15 is 0 Å². The molecule has 0 heterocycles. The number of benzene rings is 1. The van der Waals surface area contributed by atoms with Crippen LogP contribution in [0.5, 0.6) is 0 Å². The van der Waals surface area contributed by atoms with Crippen LogP contribution < -0.4 is 0 Å². The summed E-state index contributed by atoms with van der Waals surface area (Å²) in [6.45, 7) is 3.95. The second kappa shape index (κ2) is 6.77. The lowest BCUT2D eigenvalue weighted by Gasteiger charge is -2.21. The van der Waals surface area contributed by atoms with Crippen molar-refractivity contribution in [2.75, 3.05) is 6.61 Å². The Bertz CT molecular complexity index is 379. The van der Waals surface area contributed by atoms with Crippen molar-refractivity contribution in [3.05, 3.63) is 34.3 Å². The number of carbonyl (C=O) groups is 1. The van der Waals surface area contributed by atoms with Crippen LogP contribution in [0.4, 0.5) is 0 Å². The first-order chi connectivity index (χ1) is 8.11. The molecule has 1 aromatic rings. The average Bonchev–Trinajstić information content (AvgIpc) is 2.30. The molecule has 0 aliphatic carbocycles. The summed E-state index contributed by atoms with van der Waals surface area (Å²) in [6.07, 6.45) is -0.295. The molecule has 1 aromatic carbocycles. The predicted molar refractivity (Wildman–Crippen MR) is 69.5 cm³/mol. The molecule has 0 bridgehead atoms. The summed E-state index contributed by atoms with van der Waals surface area (Å²) in [5, 5.41) is 10.2. The molecule has 0 spiro atoms. The Labute approximate surface area is 110 Å². The average molecular weight is 301 g/mol. The van der Waals surface area contributed by atoms with E-state index in [4.69, 9.17) is 4.74 Å². The number of carbonyl (C=O) groups excluding carboxylic acids is 1. The van der Waals surface area contributed by atoms with Gasteiger partial charge in [-0.05, 0) is 25.0 Å². The van der Waals surface area contributed by atoms with E-state index in [-0.39, 0.29) is 5.97 Å². The first kappa shape index (κ1) is 14.2. The molecule has 0 amide bonds. The van der Waals surface area contributed by atoms with Crippen molar-refractivity contribution in [2.45, 2.75) is 26.4 Å². The molecule has 0 aliphatic heterocycles. The van der Waals surface area contributed by atoms with E-state index in [9.17, 15) is 9.90 Å². The number of hydrogen-bond donors (Lipinski definition) is 1. The molecule has 2 unspecified atom stereocenters. The van der Waals surface area contributed by atoms with Gasteiger partial charge >= 0.3 is 5.97 Å². The third kappa shape index (κ3) is 3.54. The molecule has 0 radical (unpaired) electrons. The van der Waals surface area contributed by atoms with Crippen molar-refractivity contribution >= 4 is 21.9 Å². The van der Waals surface area contributed by atoms with Crippen LogP contribution in [0.1, 0.15) is 31.9 Å². The summed E-state index contributed by atoms with van der Waals surface area (Å²) < 4.78 is 5.76. The van der Waals surface area contributed by atoms with Crippen molar-refractivity contribution in [3.8, 4) is 0 Å². The van der Waals surface area contributed by atoms with Crippen LogP contribution in [0.25, 0.3) is 0 Å². The largest absolute Gasteiger partial charge is 0.466 e. The summed E-state index contributed by atoms with van der Waals surface area (Å²) in [5.41, 5.74) is 0.715. The van der Waals surface area contributed by atoms with E-state index in [0.29, 0.717) is 18.6 Å². The summed E-state index contributed by atoms with van der Waals surface area (Å²) in [7, 11) is 0. The standard InChI is InChI=1S/C13H17BrO3/c1-3-9(13(16)17-4-2)12(15)10-7-5-6-8-11(10)14/h5-9,12,15H,3-4H2,1-2H3. The van der Waals surface area contributed by atoms with E-state index in [1.54, 1.807) is 13.0 Å². The van der Waals surface area contributed by atoms with E-state index < -0.39 is 12.0 Å². The fraction of sp³-hybridized carbons (Fsp3) is 0.462. The SMILES string of the molecule is CCOC(=O)C(CC)C(O)c1ccccc1Br. The number of ether oxygens (including phenoxy) is 1. The molecule has 4 heteroatoms. The first-order valence-corrected chi connectivity index (χ1v) is 6.50. The van der Waals surface area contributed by atoms with Crippen LogP contribution in [0.15, 0.2) is 28.7 Å². The zero-order valence-electron chi connectivity index (χ0n) is 10.0. The van der Waals surface area contributed by atoms with Crippen molar-refractivity contribution in [2.24, 2.45) is 5.92 Å². The van der Waals surface area contributed by atoms with Crippen molar-refractivity contribution < 1.29 is 14.6 Å². The zero-order valence-corrected chi connectivity index (χ0v) is 11.6. The molecule has 3 nitrogen and oxygen atoms in total. The molecule has 0 aromatic heterocycles. The van der Waals surface area contributed by atoms with Crippen LogP contribution in [0.2, 0.25) is 0 Å². The van der Waals surface area contributed by atoms with Gasteiger partial charge in [-0.3, -0.25) is 4.79 Å². The molecule has 94 valence electrons. The van der Waals surface area contributed by atoms with E-state index in [1.807, 2.05) is 25.1 Å². The van der Waals surface area contributed by atoms with Gasteiger partial charge in [0.15, 0.2) is 0 Å². The minimum Gasteiger partial charge on any atom is -0.466 e. The lowest BCUT2D eigenvalue weighted by Crippen LogP contribution is -2.24. The third-order valence-electron chi connectivity index (χ3n) is 2.63. The topological polar surface area (TPSA) is 46.5 Å².